The highest BCUT2D eigenvalue weighted by Crippen LogP contribution is 2.28. The quantitative estimate of drug-likeness (QED) is 0.0985. The second-order valence-electron chi connectivity index (χ2n) is 13.0. The molecule has 0 aromatic rings. The van der Waals surface area contributed by atoms with Gasteiger partial charge in [-0.3, -0.25) is 4.79 Å². The lowest BCUT2D eigenvalue weighted by Gasteiger charge is -2.31. The van der Waals surface area contributed by atoms with Crippen LogP contribution < -0.4 is 0 Å². The number of rotatable bonds is 6. The van der Waals surface area contributed by atoms with Crippen molar-refractivity contribution in [3.8, 4) is 0 Å². The van der Waals surface area contributed by atoms with Gasteiger partial charge in [0.1, 0.15) is 12.2 Å². The van der Waals surface area contributed by atoms with Gasteiger partial charge in [0.15, 0.2) is 0 Å². The highest BCUT2D eigenvalue weighted by atomic mass is 16.8. The molecule has 12 atom stereocenters. The molecule has 0 aromatic heterocycles. The van der Waals surface area contributed by atoms with Crippen molar-refractivity contribution in [2.45, 2.75) is 118 Å². The van der Waals surface area contributed by atoms with E-state index in [-0.39, 0.29) is 36.0 Å². The summed E-state index contributed by atoms with van der Waals surface area (Å²) in [6.07, 6.45) is 10.7. The highest BCUT2D eigenvalue weighted by Gasteiger charge is 2.31. The number of hydrogen-bond donors (Lipinski definition) is 3. The highest BCUT2D eigenvalue weighted by molar-refractivity contribution is 5.82. The largest absolute Gasteiger partial charge is 0.511 e. The van der Waals surface area contributed by atoms with Crippen LogP contribution in [0.15, 0.2) is 61.3 Å². The average molecular weight is 663 g/mol. The van der Waals surface area contributed by atoms with E-state index in [4.69, 9.17) is 18.9 Å². The first-order valence-corrected chi connectivity index (χ1v) is 16.7. The molecule has 3 N–H and O–H groups in total. The summed E-state index contributed by atoms with van der Waals surface area (Å²) in [5.41, 5.74) is 0. The first-order valence-electron chi connectivity index (χ1n) is 16.7. The molecule has 10 heteroatoms. The summed E-state index contributed by atoms with van der Waals surface area (Å²) >= 11 is 0. The van der Waals surface area contributed by atoms with E-state index in [1.165, 1.54) is 26.0 Å². The summed E-state index contributed by atoms with van der Waals surface area (Å²) in [6.45, 7) is 17.8. The zero-order chi connectivity index (χ0) is 35.7. The number of allylic oxidation sites excluding steroid dienone is 4. The third-order valence-corrected chi connectivity index (χ3v) is 8.61. The second kappa shape index (κ2) is 21.6. The van der Waals surface area contributed by atoms with Gasteiger partial charge in [-0.15, -0.1) is 0 Å². The molecule has 1 aliphatic heterocycles. The Balaban J connectivity index is 3.31. The van der Waals surface area contributed by atoms with E-state index in [2.05, 4.69) is 13.5 Å². The Bertz CT molecular complexity index is 1090. The average Bonchev–Trinajstić information content (AvgIpc) is 2.99. The van der Waals surface area contributed by atoms with E-state index >= 15 is 0 Å². The van der Waals surface area contributed by atoms with Crippen LogP contribution in [0.25, 0.3) is 0 Å². The van der Waals surface area contributed by atoms with E-state index in [0.717, 1.165) is 6.42 Å². The molecule has 0 bridgehead atoms. The minimum absolute atomic E-state index is 0.0121. The molecule has 0 aliphatic carbocycles. The Labute approximate surface area is 281 Å². The third-order valence-electron chi connectivity index (χ3n) is 8.61. The van der Waals surface area contributed by atoms with Gasteiger partial charge in [-0.25, -0.2) is 9.59 Å². The second-order valence-corrected chi connectivity index (χ2v) is 13.0. The summed E-state index contributed by atoms with van der Waals surface area (Å²) < 4.78 is 21.1. The van der Waals surface area contributed by atoms with Crippen LogP contribution in [0.3, 0.4) is 0 Å². The van der Waals surface area contributed by atoms with Crippen molar-refractivity contribution in [2.75, 3.05) is 0 Å². The van der Waals surface area contributed by atoms with Gasteiger partial charge in [0, 0.05) is 50.0 Å². The van der Waals surface area contributed by atoms with Crippen LogP contribution >= 0.6 is 0 Å². The maximum atomic E-state index is 12.8. The van der Waals surface area contributed by atoms with Crippen LogP contribution in [0.2, 0.25) is 0 Å². The van der Waals surface area contributed by atoms with E-state index in [1.807, 2.05) is 33.8 Å². The van der Waals surface area contributed by atoms with E-state index in [9.17, 15) is 29.7 Å². The maximum Gasteiger partial charge on any atom is 0.511 e. The van der Waals surface area contributed by atoms with Crippen molar-refractivity contribution in [3.05, 3.63) is 61.3 Å². The lowest BCUT2D eigenvalue weighted by Crippen LogP contribution is -2.37. The zero-order valence-corrected chi connectivity index (χ0v) is 29.4. The predicted octanol–water partition coefficient (Wildman–Crippen LogP) is 6.21. The van der Waals surface area contributed by atoms with Crippen LogP contribution in [0.1, 0.15) is 81.1 Å². The molecule has 266 valence electrons. The Morgan fingerprint density at radius 1 is 0.936 bits per heavy atom. The normalized spacial score (nSPS) is 35.5. The topological polar surface area (TPSA) is 149 Å². The standard InChI is InChI=1S/C37H58O10/c1-10-11-14-26(5)36-28(7)32(39)20-17-23(2)21-27(6)35(42)25(4)18-19-31(46-37(43)45-30(9)44-29(8)38)22-33(40)24(3)15-12-13-16-34(41)47-36/h10-16,18-19,23-28,30-33,35-36,39-40,42H,1,17,20-22H2,2-9H3/b14-11-,15-12+,16-13-,19-18-/t23-,24+,25-,26-,27-,28-,30?,31+,32+,33-,35-,36-/m0/s1. The lowest BCUT2D eigenvalue weighted by atomic mass is 9.82. The summed E-state index contributed by atoms with van der Waals surface area (Å²) in [5, 5.41) is 33.2. The van der Waals surface area contributed by atoms with Crippen LogP contribution in [-0.4, -0.2) is 70.2 Å². The Morgan fingerprint density at radius 2 is 1.62 bits per heavy atom. The monoisotopic (exact) mass is 662 g/mol. The van der Waals surface area contributed by atoms with Crippen molar-refractivity contribution >= 4 is 18.1 Å². The number of hydrogen-bond acceptors (Lipinski definition) is 10. The molecule has 0 spiro atoms. The summed E-state index contributed by atoms with van der Waals surface area (Å²) in [6, 6.07) is 0. The molecule has 0 saturated carbocycles. The van der Waals surface area contributed by atoms with Crippen LogP contribution in [-0.2, 0) is 28.5 Å². The van der Waals surface area contributed by atoms with E-state index in [1.54, 1.807) is 43.4 Å². The summed E-state index contributed by atoms with van der Waals surface area (Å²) in [7, 11) is 0. The van der Waals surface area contributed by atoms with Gasteiger partial charge < -0.3 is 34.3 Å². The number of aliphatic hydroxyl groups is 3. The molecule has 1 rings (SSSR count). The van der Waals surface area contributed by atoms with Gasteiger partial charge in [-0.1, -0.05) is 90.7 Å². The van der Waals surface area contributed by atoms with Crippen molar-refractivity contribution < 1.29 is 48.7 Å². The molecular weight excluding hydrogens is 604 g/mol. The minimum atomic E-state index is -1.16. The van der Waals surface area contributed by atoms with Gasteiger partial charge in [0.25, 0.3) is 0 Å². The number of ether oxygens (including phenoxy) is 4. The lowest BCUT2D eigenvalue weighted by molar-refractivity contribution is -0.166. The zero-order valence-electron chi connectivity index (χ0n) is 29.4. The molecule has 0 aromatic carbocycles. The minimum Gasteiger partial charge on any atom is -0.458 e. The van der Waals surface area contributed by atoms with Gasteiger partial charge in [-0.2, -0.15) is 0 Å². The maximum absolute atomic E-state index is 12.8. The Hall–Kier alpha value is -3.21. The van der Waals surface area contributed by atoms with Crippen molar-refractivity contribution in [1.82, 2.24) is 0 Å². The fourth-order valence-corrected chi connectivity index (χ4v) is 5.66. The predicted molar refractivity (Wildman–Crippen MR) is 181 cm³/mol. The molecular formula is C37H58O10. The molecule has 47 heavy (non-hydrogen) atoms. The van der Waals surface area contributed by atoms with Crippen LogP contribution in [0, 0.1) is 35.5 Å². The smallest absolute Gasteiger partial charge is 0.458 e. The van der Waals surface area contributed by atoms with Crippen LogP contribution in [0.5, 0.6) is 0 Å². The molecule has 0 amide bonds. The number of aliphatic hydroxyl groups excluding tert-OH is 3. The van der Waals surface area contributed by atoms with Gasteiger partial charge in [0.2, 0.25) is 6.29 Å². The van der Waals surface area contributed by atoms with E-state index in [0.29, 0.717) is 12.8 Å². The molecule has 1 heterocycles. The molecule has 1 unspecified atom stereocenters. The SMILES string of the molecule is C=C/C=C\[C@H](C)[C@@H]1OC(=O)/C=C\C=C\[C@@H](C)[C@@H](O)C[C@H](OC(=O)OC(C)OC(C)=O)/C=C\[C@H](C)[C@H](O)[C@@H](C)C[C@@H](C)CC[C@@H](O)[C@@H]1C. The van der Waals surface area contributed by atoms with Crippen molar-refractivity contribution in [1.29, 1.82) is 0 Å². The number of esters is 2. The molecule has 1 aliphatic rings. The number of carbonyl (C=O) groups is 3. The molecule has 0 radical (unpaired) electrons. The van der Waals surface area contributed by atoms with E-state index < -0.39 is 60.8 Å². The molecule has 10 nitrogen and oxygen atoms in total. The summed E-state index contributed by atoms with van der Waals surface area (Å²) in [5.74, 6) is -2.27. The van der Waals surface area contributed by atoms with Gasteiger partial charge >= 0.3 is 18.1 Å². The fraction of sp³-hybridized carbons (Fsp3) is 0.649. The first-order chi connectivity index (χ1) is 22.0. The molecule has 0 fully saturated rings. The molecule has 0 saturated heterocycles. The number of cyclic esters (lactones) is 1. The number of carbonyl (C=O) groups excluding carboxylic acids is 3. The van der Waals surface area contributed by atoms with Gasteiger partial charge in [-0.05, 0) is 37.2 Å². The van der Waals surface area contributed by atoms with Gasteiger partial charge in [0.05, 0.1) is 18.3 Å². The van der Waals surface area contributed by atoms with Crippen molar-refractivity contribution in [2.24, 2.45) is 35.5 Å². The first kappa shape index (κ1) is 41.8. The summed E-state index contributed by atoms with van der Waals surface area (Å²) in [4.78, 5) is 36.5. The fourth-order valence-electron chi connectivity index (χ4n) is 5.66. The van der Waals surface area contributed by atoms with Crippen LogP contribution in [0.4, 0.5) is 4.79 Å². The Kier molecular flexibility index (Phi) is 19.2. The third kappa shape index (κ3) is 16.4. The van der Waals surface area contributed by atoms with Crippen molar-refractivity contribution in [3.63, 3.8) is 0 Å². The Morgan fingerprint density at radius 3 is 2.26 bits per heavy atom.